The van der Waals surface area contributed by atoms with Crippen molar-refractivity contribution in [2.75, 3.05) is 6.26 Å². The van der Waals surface area contributed by atoms with Crippen molar-refractivity contribution in [3.8, 4) is 11.6 Å². The average molecular weight is 290 g/mol. The Hall–Kier alpha value is -2.02. The predicted octanol–water partition coefficient (Wildman–Crippen LogP) is 2.51. The summed E-state index contributed by atoms with van der Waals surface area (Å²) in [4.78, 5) is 23.9. The lowest BCUT2D eigenvalue weighted by molar-refractivity contribution is 0.578. The van der Waals surface area contributed by atoms with Crippen LogP contribution in [0, 0.1) is 0 Å². The SMILES string of the molecule is CCCn1c(=O)nc(SC)c2[nH]c(-c3ccco3)nc21. The molecule has 3 aromatic heterocycles. The summed E-state index contributed by atoms with van der Waals surface area (Å²) in [5.74, 6) is 1.25. The van der Waals surface area contributed by atoms with Crippen LogP contribution < -0.4 is 5.69 Å². The van der Waals surface area contributed by atoms with E-state index in [1.54, 1.807) is 16.9 Å². The molecule has 0 aliphatic carbocycles. The Morgan fingerprint density at radius 3 is 2.95 bits per heavy atom. The molecule has 3 heterocycles. The Balaban J connectivity index is 2.30. The van der Waals surface area contributed by atoms with E-state index in [2.05, 4.69) is 15.0 Å². The quantitative estimate of drug-likeness (QED) is 0.590. The summed E-state index contributed by atoms with van der Waals surface area (Å²) in [6.07, 6.45) is 4.33. The zero-order valence-electron chi connectivity index (χ0n) is 11.2. The van der Waals surface area contributed by atoms with Gasteiger partial charge in [0.1, 0.15) is 10.5 Å². The molecule has 0 atom stereocenters. The molecule has 0 aliphatic rings. The molecule has 0 aromatic carbocycles. The minimum atomic E-state index is -0.263. The molecule has 3 rings (SSSR count). The number of H-pyrrole nitrogens is 1. The number of rotatable bonds is 4. The lowest BCUT2D eigenvalue weighted by atomic mass is 10.4. The maximum absolute atomic E-state index is 12.1. The van der Waals surface area contributed by atoms with Crippen molar-refractivity contribution < 1.29 is 4.42 Å². The highest BCUT2D eigenvalue weighted by Crippen LogP contribution is 2.25. The van der Waals surface area contributed by atoms with E-state index in [9.17, 15) is 4.79 Å². The molecule has 0 saturated carbocycles. The van der Waals surface area contributed by atoms with Gasteiger partial charge in [0.2, 0.25) is 0 Å². The molecular formula is C13H14N4O2S. The van der Waals surface area contributed by atoms with Crippen LogP contribution in [-0.2, 0) is 6.54 Å². The number of aromatic amines is 1. The van der Waals surface area contributed by atoms with Crippen LogP contribution in [0.3, 0.4) is 0 Å². The first-order valence-corrected chi connectivity index (χ1v) is 7.55. The highest BCUT2D eigenvalue weighted by molar-refractivity contribution is 7.98. The second-order valence-electron chi connectivity index (χ2n) is 4.32. The van der Waals surface area contributed by atoms with Gasteiger partial charge in [0.25, 0.3) is 0 Å². The Kier molecular flexibility index (Phi) is 3.35. The monoisotopic (exact) mass is 290 g/mol. The van der Waals surface area contributed by atoms with E-state index >= 15 is 0 Å². The standard InChI is InChI=1S/C13H14N4O2S/c1-3-6-17-11-9(12(20-2)16-13(17)18)14-10(15-11)8-5-4-7-19-8/h4-5,7H,3,6H2,1-2H3,(H,14,15). The Morgan fingerprint density at radius 1 is 1.45 bits per heavy atom. The molecule has 0 amide bonds. The van der Waals surface area contributed by atoms with E-state index in [-0.39, 0.29) is 5.69 Å². The van der Waals surface area contributed by atoms with Crippen molar-refractivity contribution in [2.45, 2.75) is 24.9 Å². The number of furan rings is 1. The van der Waals surface area contributed by atoms with Crippen LogP contribution >= 0.6 is 11.8 Å². The molecule has 3 aromatic rings. The predicted molar refractivity (Wildman–Crippen MR) is 77.9 cm³/mol. The largest absolute Gasteiger partial charge is 0.461 e. The molecule has 104 valence electrons. The molecule has 0 unspecified atom stereocenters. The number of aromatic nitrogens is 4. The van der Waals surface area contributed by atoms with Crippen LogP contribution in [-0.4, -0.2) is 25.8 Å². The van der Waals surface area contributed by atoms with Crippen molar-refractivity contribution in [1.82, 2.24) is 19.5 Å². The summed E-state index contributed by atoms with van der Waals surface area (Å²) in [5, 5.41) is 0.655. The van der Waals surface area contributed by atoms with Gasteiger partial charge in [-0.05, 0) is 24.8 Å². The first-order chi connectivity index (χ1) is 9.74. The fourth-order valence-electron chi connectivity index (χ4n) is 2.11. The Bertz CT molecular complexity index is 789. The number of nitrogens with zero attached hydrogens (tertiary/aromatic N) is 3. The maximum Gasteiger partial charge on any atom is 0.350 e. The molecule has 1 N–H and O–H groups in total. The van der Waals surface area contributed by atoms with Crippen molar-refractivity contribution in [3.05, 3.63) is 28.9 Å². The van der Waals surface area contributed by atoms with Gasteiger partial charge in [0, 0.05) is 6.54 Å². The fourth-order valence-corrected chi connectivity index (χ4v) is 2.62. The normalized spacial score (nSPS) is 11.3. The highest BCUT2D eigenvalue weighted by Gasteiger charge is 2.16. The second-order valence-corrected chi connectivity index (χ2v) is 5.11. The minimum Gasteiger partial charge on any atom is -0.461 e. The lowest BCUT2D eigenvalue weighted by Crippen LogP contribution is -2.24. The zero-order valence-corrected chi connectivity index (χ0v) is 12.0. The van der Waals surface area contributed by atoms with Gasteiger partial charge in [0.15, 0.2) is 17.2 Å². The van der Waals surface area contributed by atoms with Gasteiger partial charge in [0.05, 0.1) is 6.26 Å². The third-order valence-electron chi connectivity index (χ3n) is 2.98. The van der Waals surface area contributed by atoms with E-state index in [0.717, 1.165) is 11.9 Å². The summed E-state index contributed by atoms with van der Waals surface area (Å²) in [6.45, 7) is 2.61. The first kappa shape index (κ1) is 13.0. The topological polar surface area (TPSA) is 76.7 Å². The maximum atomic E-state index is 12.1. The molecule has 0 fully saturated rings. The van der Waals surface area contributed by atoms with Crippen LogP contribution in [0.1, 0.15) is 13.3 Å². The third-order valence-corrected chi connectivity index (χ3v) is 3.66. The van der Waals surface area contributed by atoms with Gasteiger partial charge < -0.3 is 9.40 Å². The first-order valence-electron chi connectivity index (χ1n) is 6.33. The molecule has 0 saturated heterocycles. The van der Waals surface area contributed by atoms with E-state index in [4.69, 9.17) is 4.42 Å². The van der Waals surface area contributed by atoms with Crippen LogP contribution in [0.2, 0.25) is 0 Å². The number of hydrogen-bond donors (Lipinski definition) is 1. The van der Waals surface area contributed by atoms with Crippen LogP contribution in [0.25, 0.3) is 22.7 Å². The number of aryl methyl sites for hydroxylation is 1. The summed E-state index contributed by atoms with van der Waals surface area (Å²) in [6, 6.07) is 3.63. The third kappa shape index (κ3) is 2.03. The molecule has 0 radical (unpaired) electrons. The number of hydrogen-bond acceptors (Lipinski definition) is 5. The van der Waals surface area contributed by atoms with Crippen molar-refractivity contribution >= 4 is 22.9 Å². The number of thioether (sulfide) groups is 1. The summed E-state index contributed by atoms with van der Waals surface area (Å²) >= 11 is 1.42. The molecular weight excluding hydrogens is 276 g/mol. The summed E-state index contributed by atoms with van der Waals surface area (Å²) < 4.78 is 6.94. The van der Waals surface area contributed by atoms with Gasteiger partial charge in [-0.2, -0.15) is 4.98 Å². The Labute approximate surface area is 119 Å². The lowest BCUT2D eigenvalue weighted by Gasteiger charge is -2.05. The number of imidazole rings is 1. The summed E-state index contributed by atoms with van der Waals surface area (Å²) in [5.41, 5.74) is 1.14. The van der Waals surface area contributed by atoms with Crippen LogP contribution in [0.4, 0.5) is 0 Å². The van der Waals surface area contributed by atoms with E-state index in [1.807, 2.05) is 19.2 Å². The number of nitrogens with one attached hydrogen (secondary N) is 1. The van der Waals surface area contributed by atoms with Gasteiger partial charge in [-0.25, -0.2) is 9.78 Å². The molecule has 7 heteroatoms. The summed E-state index contributed by atoms with van der Waals surface area (Å²) in [7, 11) is 0. The van der Waals surface area contributed by atoms with Gasteiger partial charge in [-0.3, -0.25) is 4.57 Å². The van der Waals surface area contributed by atoms with Gasteiger partial charge in [-0.1, -0.05) is 6.92 Å². The van der Waals surface area contributed by atoms with E-state index < -0.39 is 0 Å². The molecule has 20 heavy (non-hydrogen) atoms. The molecule has 0 aliphatic heterocycles. The molecule has 6 nitrogen and oxygen atoms in total. The van der Waals surface area contributed by atoms with Crippen LogP contribution in [0.15, 0.2) is 32.6 Å². The van der Waals surface area contributed by atoms with Crippen molar-refractivity contribution in [2.24, 2.45) is 0 Å². The van der Waals surface area contributed by atoms with Gasteiger partial charge >= 0.3 is 5.69 Å². The molecule has 0 spiro atoms. The van der Waals surface area contributed by atoms with Gasteiger partial charge in [-0.15, -0.1) is 11.8 Å². The Morgan fingerprint density at radius 2 is 2.30 bits per heavy atom. The highest BCUT2D eigenvalue weighted by atomic mass is 32.2. The zero-order chi connectivity index (χ0) is 14.1. The average Bonchev–Trinajstić information content (AvgIpc) is 3.09. The fraction of sp³-hybridized carbons (Fsp3) is 0.308. The number of fused-ring (bicyclic) bond motifs is 1. The van der Waals surface area contributed by atoms with E-state index in [0.29, 0.717) is 28.8 Å². The van der Waals surface area contributed by atoms with Crippen LogP contribution in [0.5, 0.6) is 0 Å². The molecule has 0 bridgehead atoms. The van der Waals surface area contributed by atoms with Crippen molar-refractivity contribution in [3.63, 3.8) is 0 Å². The smallest absolute Gasteiger partial charge is 0.350 e. The van der Waals surface area contributed by atoms with E-state index in [1.165, 1.54) is 11.8 Å². The minimum absolute atomic E-state index is 0.263. The van der Waals surface area contributed by atoms with Crippen molar-refractivity contribution in [1.29, 1.82) is 0 Å². The second kappa shape index (κ2) is 5.16.